The molecule has 3 fully saturated rings. The molecule has 1 aromatic rings. The van der Waals surface area contributed by atoms with Gasteiger partial charge in [-0.15, -0.1) is 4.99 Å². The first-order chi connectivity index (χ1) is 16.0. The molecule has 2 bridgehead atoms. The van der Waals surface area contributed by atoms with Crippen LogP contribution in [0.4, 0.5) is 0 Å². The molecule has 3 aliphatic heterocycles. The molecule has 2 N–H and O–H groups in total. The molecule has 33 heavy (non-hydrogen) atoms. The van der Waals surface area contributed by atoms with Gasteiger partial charge >= 0.3 is 11.8 Å². The number of benzene rings is 1. The molecular weight excluding hydrogens is 422 g/mol. The maximum atomic E-state index is 13.0. The van der Waals surface area contributed by atoms with Crippen LogP contribution in [-0.2, 0) is 16.1 Å². The molecule has 176 valence electrons. The number of hydrogen-bond donors (Lipinski definition) is 2. The SMILES string of the molecule is CCOC1CN([C@H]2[C@H]3CC[C@H](C3)[C@H]2Oc2ccc3c(c2)CN(C2CCC(=O)[NH+]=C2O)C3=O)C1. The van der Waals surface area contributed by atoms with Crippen LogP contribution in [-0.4, -0.2) is 76.6 Å². The monoisotopic (exact) mass is 454 g/mol. The van der Waals surface area contributed by atoms with Gasteiger partial charge in [0.2, 0.25) is 0 Å². The lowest BCUT2D eigenvalue weighted by atomic mass is 9.89. The third kappa shape index (κ3) is 3.54. The average Bonchev–Trinajstić information content (AvgIpc) is 3.45. The van der Waals surface area contributed by atoms with E-state index in [1.807, 2.05) is 18.2 Å². The van der Waals surface area contributed by atoms with Crippen molar-refractivity contribution in [1.82, 2.24) is 9.80 Å². The quantitative estimate of drug-likeness (QED) is 0.655. The van der Waals surface area contributed by atoms with Gasteiger partial charge < -0.3 is 19.5 Å². The maximum Gasteiger partial charge on any atom is 0.388 e. The van der Waals surface area contributed by atoms with Gasteiger partial charge in [0.15, 0.2) is 6.04 Å². The van der Waals surface area contributed by atoms with E-state index >= 15 is 0 Å². The van der Waals surface area contributed by atoms with Crippen molar-refractivity contribution in [2.75, 3.05) is 19.7 Å². The Morgan fingerprint density at radius 3 is 2.76 bits per heavy atom. The Morgan fingerprint density at radius 1 is 1.15 bits per heavy atom. The van der Waals surface area contributed by atoms with Crippen molar-refractivity contribution < 1.29 is 29.2 Å². The predicted octanol–water partition coefficient (Wildman–Crippen LogP) is 0.635. The van der Waals surface area contributed by atoms with Crippen LogP contribution < -0.4 is 9.73 Å². The van der Waals surface area contributed by atoms with Gasteiger partial charge in [-0.05, 0) is 68.2 Å². The largest absolute Gasteiger partial charge is 0.488 e. The zero-order valence-electron chi connectivity index (χ0n) is 19.0. The smallest absolute Gasteiger partial charge is 0.388 e. The zero-order valence-corrected chi connectivity index (χ0v) is 19.0. The van der Waals surface area contributed by atoms with Gasteiger partial charge in [-0.2, -0.15) is 0 Å². The number of carbonyl (C=O) groups is 2. The second-order valence-corrected chi connectivity index (χ2v) is 10.2. The first-order valence-electron chi connectivity index (χ1n) is 12.3. The number of hydrogen-bond acceptors (Lipinski definition) is 5. The number of rotatable bonds is 6. The molecule has 5 aliphatic rings. The summed E-state index contributed by atoms with van der Waals surface area (Å²) in [6.45, 7) is 5.22. The second kappa shape index (κ2) is 8.09. The molecule has 2 saturated carbocycles. The fourth-order valence-corrected chi connectivity index (χ4v) is 6.73. The van der Waals surface area contributed by atoms with E-state index in [9.17, 15) is 14.7 Å². The van der Waals surface area contributed by atoms with E-state index in [0.717, 1.165) is 31.0 Å². The van der Waals surface area contributed by atoms with Gasteiger partial charge in [-0.1, -0.05) is 0 Å². The van der Waals surface area contributed by atoms with Crippen LogP contribution >= 0.6 is 0 Å². The highest BCUT2D eigenvalue weighted by Gasteiger charge is 2.53. The third-order valence-corrected chi connectivity index (χ3v) is 8.28. The molecule has 8 heteroatoms. The minimum atomic E-state index is -0.480. The molecule has 6 rings (SSSR count). The maximum absolute atomic E-state index is 13.0. The Balaban J connectivity index is 1.17. The van der Waals surface area contributed by atoms with Gasteiger partial charge in [0.1, 0.15) is 11.9 Å². The summed E-state index contributed by atoms with van der Waals surface area (Å²) in [4.78, 5) is 31.2. The summed E-state index contributed by atoms with van der Waals surface area (Å²) < 4.78 is 12.4. The van der Waals surface area contributed by atoms with E-state index in [1.165, 1.54) is 19.3 Å². The molecule has 1 aromatic carbocycles. The zero-order chi connectivity index (χ0) is 22.7. The number of nitrogens with zero attached hydrogens (tertiary/aromatic N) is 2. The molecule has 0 aromatic heterocycles. The van der Waals surface area contributed by atoms with Crippen molar-refractivity contribution in [2.24, 2.45) is 11.8 Å². The fourth-order valence-electron chi connectivity index (χ4n) is 6.73. The molecule has 5 atom stereocenters. The van der Waals surface area contributed by atoms with Crippen LogP contribution in [0.3, 0.4) is 0 Å². The topological polar surface area (TPSA) is 93.3 Å². The van der Waals surface area contributed by atoms with Crippen LogP contribution in [0.5, 0.6) is 5.75 Å². The molecule has 2 amide bonds. The van der Waals surface area contributed by atoms with Crippen LogP contribution in [0.15, 0.2) is 18.2 Å². The Hall–Kier alpha value is -2.45. The predicted molar refractivity (Wildman–Crippen MR) is 119 cm³/mol. The number of carbonyl (C=O) groups excluding carboxylic acids is 2. The minimum absolute atomic E-state index is 0.107. The van der Waals surface area contributed by atoms with Crippen LogP contribution in [0, 0.1) is 11.8 Å². The summed E-state index contributed by atoms with van der Waals surface area (Å²) in [5.74, 6) is 1.67. The Kier molecular flexibility index (Phi) is 5.18. The molecule has 8 nitrogen and oxygen atoms in total. The number of nitrogens with one attached hydrogen (secondary N) is 1. The number of amides is 2. The van der Waals surface area contributed by atoms with E-state index in [0.29, 0.717) is 48.9 Å². The lowest BCUT2D eigenvalue weighted by Gasteiger charge is -2.47. The molecule has 1 unspecified atom stereocenters. The molecule has 3 heterocycles. The van der Waals surface area contributed by atoms with Crippen molar-refractivity contribution in [3.05, 3.63) is 29.3 Å². The van der Waals surface area contributed by atoms with Crippen LogP contribution in [0.25, 0.3) is 0 Å². The highest BCUT2D eigenvalue weighted by molar-refractivity contribution is 6.01. The number of ether oxygens (including phenoxy) is 2. The van der Waals surface area contributed by atoms with Gasteiger partial charge in [0.25, 0.3) is 5.91 Å². The van der Waals surface area contributed by atoms with E-state index in [2.05, 4.69) is 16.8 Å². The summed E-state index contributed by atoms with van der Waals surface area (Å²) in [5, 5.41) is 10.2. The number of fused-ring (bicyclic) bond motifs is 3. The summed E-state index contributed by atoms with van der Waals surface area (Å²) in [7, 11) is 0. The normalized spacial score (nSPS) is 33.9. The van der Waals surface area contributed by atoms with Crippen molar-refractivity contribution in [3.8, 4) is 5.75 Å². The fraction of sp³-hybridized carbons (Fsp3) is 0.640. The van der Waals surface area contributed by atoms with E-state index in [-0.39, 0.29) is 23.8 Å². The summed E-state index contributed by atoms with van der Waals surface area (Å²) in [5.41, 5.74) is 1.57. The highest BCUT2D eigenvalue weighted by Crippen LogP contribution is 2.49. The van der Waals surface area contributed by atoms with E-state index in [4.69, 9.17) is 9.47 Å². The van der Waals surface area contributed by atoms with Crippen molar-refractivity contribution in [3.63, 3.8) is 0 Å². The summed E-state index contributed by atoms with van der Waals surface area (Å²) >= 11 is 0. The van der Waals surface area contributed by atoms with E-state index < -0.39 is 6.04 Å². The molecule has 2 aliphatic carbocycles. The van der Waals surface area contributed by atoms with Crippen LogP contribution in [0.2, 0.25) is 0 Å². The van der Waals surface area contributed by atoms with Gasteiger partial charge in [0.05, 0.1) is 12.5 Å². The molecule has 0 radical (unpaired) electrons. The highest BCUT2D eigenvalue weighted by atomic mass is 16.5. The van der Waals surface area contributed by atoms with Gasteiger partial charge in [0, 0.05) is 37.8 Å². The number of aliphatic hydroxyl groups excluding tert-OH is 1. The van der Waals surface area contributed by atoms with Crippen molar-refractivity contribution in [1.29, 1.82) is 0 Å². The first-order valence-corrected chi connectivity index (χ1v) is 12.3. The summed E-state index contributed by atoms with van der Waals surface area (Å²) in [6.07, 6.45) is 5.03. The second-order valence-electron chi connectivity index (χ2n) is 10.2. The van der Waals surface area contributed by atoms with Gasteiger partial charge in [-0.3, -0.25) is 9.69 Å². The van der Waals surface area contributed by atoms with Crippen molar-refractivity contribution >= 4 is 17.7 Å². The lowest BCUT2D eigenvalue weighted by molar-refractivity contribution is -0.394. The average molecular weight is 455 g/mol. The Morgan fingerprint density at radius 2 is 1.97 bits per heavy atom. The molecular formula is C25H32N3O5+. The van der Waals surface area contributed by atoms with E-state index in [1.54, 1.807) is 4.90 Å². The summed E-state index contributed by atoms with van der Waals surface area (Å²) in [6, 6.07) is 5.72. The lowest BCUT2D eigenvalue weighted by Crippen LogP contribution is -2.82. The Labute approximate surface area is 193 Å². The third-order valence-electron chi connectivity index (χ3n) is 8.28. The number of aliphatic hydroxyl groups is 1. The molecule has 1 saturated heterocycles. The molecule has 0 spiro atoms. The van der Waals surface area contributed by atoms with Crippen molar-refractivity contribution in [2.45, 2.75) is 69.9 Å². The Bertz CT molecular complexity index is 1000. The standard InChI is InChI=1S/C25H31N3O5/c1-2-32-18-12-27(13-18)22-14-3-4-15(9-14)23(22)33-17-5-6-19-16(10-17)11-28(25(19)31)20-7-8-21(29)26-24(20)30/h5-6,10,14-15,18,20,22-23H,2-4,7-9,11-13H2,1H3,(H,26,29,30)/p+1/t14-,15+,20?,22-,23+/m0/s1. The van der Waals surface area contributed by atoms with Crippen LogP contribution in [0.1, 0.15) is 54.9 Å². The minimum Gasteiger partial charge on any atom is -0.488 e. The first kappa shape index (κ1) is 21.1. The number of likely N-dealkylation sites (tertiary alicyclic amines) is 1. The van der Waals surface area contributed by atoms with Gasteiger partial charge in [-0.25, -0.2) is 4.79 Å².